The van der Waals surface area contributed by atoms with E-state index in [-0.39, 0.29) is 6.04 Å². The van der Waals surface area contributed by atoms with Gasteiger partial charge in [-0.15, -0.1) is 11.3 Å². The minimum atomic E-state index is -0.111. The highest BCUT2D eigenvalue weighted by atomic mass is 35.5. The van der Waals surface area contributed by atoms with Gasteiger partial charge >= 0.3 is 0 Å². The van der Waals surface area contributed by atoms with Gasteiger partial charge in [-0.25, -0.2) is 4.98 Å². The van der Waals surface area contributed by atoms with Crippen LogP contribution in [0.15, 0.2) is 29.9 Å². The molecule has 1 unspecified atom stereocenters. The molecule has 1 atom stereocenters. The van der Waals surface area contributed by atoms with Crippen LogP contribution in [0.5, 0.6) is 0 Å². The number of halogens is 1. The van der Waals surface area contributed by atoms with Crippen LogP contribution in [0.2, 0.25) is 5.02 Å². The van der Waals surface area contributed by atoms with E-state index in [2.05, 4.69) is 15.4 Å². The van der Waals surface area contributed by atoms with Crippen molar-refractivity contribution in [2.24, 2.45) is 5.84 Å². The van der Waals surface area contributed by atoms with Crippen molar-refractivity contribution in [3.05, 3.63) is 45.6 Å². The smallest absolute Gasteiger partial charge is 0.0944 e. The maximum atomic E-state index is 6.06. The Morgan fingerprint density at radius 1 is 1.44 bits per heavy atom. The van der Waals surface area contributed by atoms with Crippen LogP contribution in [-0.2, 0) is 6.42 Å². The topological polar surface area (TPSA) is 63.8 Å². The fraction of sp³-hybridized carbons (Fsp3) is 0.200. The average Bonchev–Trinajstić information content (AvgIpc) is 2.80. The summed E-state index contributed by atoms with van der Waals surface area (Å²) in [6.45, 7) is 0. The summed E-state index contributed by atoms with van der Waals surface area (Å²) in [7, 11) is 0. The number of hydrogen-bond acceptors (Lipinski definition) is 5. The van der Waals surface area contributed by atoms with Gasteiger partial charge < -0.3 is 0 Å². The molecule has 0 aliphatic rings. The van der Waals surface area contributed by atoms with Gasteiger partial charge in [-0.3, -0.25) is 16.3 Å². The number of rotatable bonds is 4. The van der Waals surface area contributed by atoms with Gasteiger partial charge in [0.1, 0.15) is 0 Å². The molecule has 4 nitrogen and oxygen atoms in total. The van der Waals surface area contributed by atoms with E-state index in [1.165, 1.54) is 0 Å². The number of hydrazine groups is 1. The van der Waals surface area contributed by atoms with Gasteiger partial charge in [0, 0.05) is 24.2 Å². The van der Waals surface area contributed by atoms with Crippen molar-refractivity contribution in [3.8, 4) is 0 Å². The monoisotopic (exact) mass is 254 g/mol. The molecule has 84 valence electrons. The zero-order chi connectivity index (χ0) is 11.4. The fourth-order valence-corrected chi connectivity index (χ4v) is 2.33. The van der Waals surface area contributed by atoms with Crippen LogP contribution in [0.3, 0.4) is 0 Å². The lowest BCUT2D eigenvalue weighted by atomic mass is 10.1. The van der Waals surface area contributed by atoms with Gasteiger partial charge in [0.15, 0.2) is 0 Å². The van der Waals surface area contributed by atoms with Crippen molar-refractivity contribution in [3.63, 3.8) is 0 Å². The SMILES string of the molecule is NNC(Cc1nccs1)c1ncccc1Cl. The second kappa shape index (κ2) is 5.36. The van der Waals surface area contributed by atoms with E-state index >= 15 is 0 Å². The Kier molecular flexibility index (Phi) is 3.84. The van der Waals surface area contributed by atoms with Crippen LogP contribution in [0, 0.1) is 0 Å². The highest BCUT2D eigenvalue weighted by Gasteiger charge is 2.16. The van der Waals surface area contributed by atoms with Gasteiger partial charge in [0.2, 0.25) is 0 Å². The Balaban J connectivity index is 2.20. The van der Waals surface area contributed by atoms with E-state index in [9.17, 15) is 0 Å². The molecule has 16 heavy (non-hydrogen) atoms. The lowest BCUT2D eigenvalue weighted by molar-refractivity contribution is 0.537. The molecule has 2 aromatic rings. The number of thiazole rings is 1. The van der Waals surface area contributed by atoms with Gasteiger partial charge in [0.05, 0.1) is 21.8 Å². The molecule has 0 bridgehead atoms. The standard InChI is InChI=1S/C10H11ClN4S/c11-7-2-1-3-14-10(7)8(15-12)6-9-13-4-5-16-9/h1-5,8,15H,6,12H2. The molecule has 2 heterocycles. The normalized spacial score (nSPS) is 12.6. The number of hydrogen-bond donors (Lipinski definition) is 2. The third kappa shape index (κ3) is 2.56. The summed E-state index contributed by atoms with van der Waals surface area (Å²) in [4.78, 5) is 8.44. The molecule has 0 saturated heterocycles. The molecule has 3 N–H and O–H groups in total. The van der Waals surface area contributed by atoms with Crippen LogP contribution in [0.4, 0.5) is 0 Å². The predicted octanol–water partition coefficient (Wildman–Crippen LogP) is 1.94. The van der Waals surface area contributed by atoms with E-state index in [0.29, 0.717) is 11.4 Å². The lowest BCUT2D eigenvalue weighted by Gasteiger charge is -2.14. The first-order chi connectivity index (χ1) is 7.81. The van der Waals surface area contributed by atoms with Crippen molar-refractivity contribution < 1.29 is 0 Å². The van der Waals surface area contributed by atoms with E-state index in [4.69, 9.17) is 17.4 Å². The summed E-state index contributed by atoms with van der Waals surface area (Å²) in [6, 6.07) is 3.48. The molecule has 0 aromatic carbocycles. The van der Waals surface area contributed by atoms with E-state index in [0.717, 1.165) is 10.7 Å². The van der Waals surface area contributed by atoms with Crippen LogP contribution in [-0.4, -0.2) is 9.97 Å². The van der Waals surface area contributed by atoms with E-state index in [1.807, 2.05) is 5.38 Å². The summed E-state index contributed by atoms with van der Waals surface area (Å²) >= 11 is 7.65. The second-order valence-corrected chi connectivity index (χ2v) is 4.61. The van der Waals surface area contributed by atoms with Crippen molar-refractivity contribution in [1.82, 2.24) is 15.4 Å². The number of nitrogens with one attached hydrogen (secondary N) is 1. The quantitative estimate of drug-likeness (QED) is 0.647. The first-order valence-electron chi connectivity index (χ1n) is 4.76. The highest BCUT2D eigenvalue weighted by molar-refractivity contribution is 7.09. The summed E-state index contributed by atoms with van der Waals surface area (Å²) in [5.41, 5.74) is 3.47. The molecule has 0 saturated carbocycles. The maximum absolute atomic E-state index is 6.06. The number of nitrogens with zero attached hydrogens (tertiary/aromatic N) is 2. The van der Waals surface area contributed by atoms with E-state index < -0.39 is 0 Å². The second-order valence-electron chi connectivity index (χ2n) is 3.22. The Hall–Kier alpha value is -1.01. The van der Waals surface area contributed by atoms with Crippen molar-refractivity contribution >= 4 is 22.9 Å². The summed E-state index contributed by atoms with van der Waals surface area (Å²) in [6.07, 6.45) is 4.16. The summed E-state index contributed by atoms with van der Waals surface area (Å²) in [5.74, 6) is 5.52. The Morgan fingerprint density at radius 2 is 2.31 bits per heavy atom. The number of pyridine rings is 1. The van der Waals surface area contributed by atoms with Crippen LogP contribution < -0.4 is 11.3 Å². The van der Waals surface area contributed by atoms with Gasteiger partial charge in [-0.05, 0) is 12.1 Å². The van der Waals surface area contributed by atoms with Crippen molar-refractivity contribution in [2.45, 2.75) is 12.5 Å². The third-order valence-electron chi connectivity index (χ3n) is 2.18. The molecule has 0 spiro atoms. The fourth-order valence-electron chi connectivity index (χ4n) is 1.42. The largest absolute Gasteiger partial charge is 0.271 e. The van der Waals surface area contributed by atoms with Gasteiger partial charge in [-0.2, -0.15) is 0 Å². The van der Waals surface area contributed by atoms with E-state index in [1.54, 1.807) is 35.9 Å². The molecule has 0 aliphatic carbocycles. The van der Waals surface area contributed by atoms with Gasteiger partial charge in [0.25, 0.3) is 0 Å². The summed E-state index contributed by atoms with van der Waals surface area (Å²) in [5, 5.41) is 3.55. The molecule has 0 fully saturated rings. The Bertz CT molecular complexity index is 446. The zero-order valence-electron chi connectivity index (χ0n) is 8.43. The molecular weight excluding hydrogens is 244 g/mol. The first-order valence-corrected chi connectivity index (χ1v) is 6.02. The molecule has 2 aromatic heterocycles. The Labute approximate surface area is 102 Å². The lowest BCUT2D eigenvalue weighted by Crippen LogP contribution is -2.30. The number of nitrogens with two attached hydrogens (primary N) is 1. The molecule has 6 heteroatoms. The average molecular weight is 255 g/mol. The summed E-state index contributed by atoms with van der Waals surface area (Å²) < 4.78 is 0. The van der Waals surface area contributed by atoms with Crippen LogP contribution in [0.25, 0.3) is 0 Å². The molecule has 0 radical (unpaired) electrons. The minimum absolute atomic E-state index is 0.111. The van der Waals surface area contributed by atoms with Crippen molar-refractivity contribution in [1.29, 1.82) is 0 Å². The molecule has 0 aliphatic heterocycles. The molecule has 0 amide bonds. The highest BCUT2D eigenvalue weighted by Crippen LogP contribution is 2.23. The number of aromatic nitrogens is 2. The maximum Gasteiger partial charge on any atom is 0.0944 e. The van der Waals surface area contributed by atoms with Crippen molar-refractivity contribution in [2.75, 3.05) is 0 Å². The zero-order valence-corrected chi connectivity index (χ0v) is 10.0. The predicted molar refractivity (Wildman–Crippen MR) is 65.1 cm³/mol. The van der Waals surface area contributed by atoms with Gasteiger partial charge in [-0.1, -0.05) is 11.6 Å². The van der Waals surface area contributed by atoms with Crippen LogP contribution in [0.1, 0.15) is 16.7 Å². The first kappa shape index (κ1) is 11.5. The Morgan fingerprint density at radius 3 is 2.94 bits per heavy atom. The third-order valence-corrected chi connectivity index (χ3v) is 3.30. The molecule has 2 rings (SSSR count). The minimum Gasteiger partial charge on any atom is -0.271 e. The molecular formula is C10H11ClN4S. The van der Waals surface area contributed by atoms with Crippen LogP contribution >= 0.6 is 22.9 Å².